The van der Waals surface area contributed by atoms with E-state index in [9.17, 15) is 5.11 Å². The van der Waals surface area contributed by atoms with Gasteiger partial charge in [0.25, 0.3) is 0 Å². The number of aryl methyl sites for hydroxylation is 1. The molecule has 1 aromatic rings. The lowest BCUT2D eigenvalue weighted by Gasteiger charge is -2.30. The van der Waals surface area contributed by atoms with Crippen LogP contribution in [0.1, 0.15) is 55.8 Å². The normalized spacial score (nSPS) is 28.3. The Hall–Kier alpha value is -1.20. The second kappa shape index (κ2) is 7.58. The molecule has 2 aliphatic heterocycles. The average Bonchev–Trinajstić information content (AvgIpc) is 2.97. The third-order valence-corrected chi connectivity index (χ3v) is 6.42. The molecule has 1 aliphatic carbocycles. The summed E-state index contributed by atoms with van der Waals surface area (Å²) in [5.74, 6) is 2.40. The van der Waals surface area contributed by atoms with Gasteiger partial charge in [0.1, 0.15) is 0 Å². The summed E-state index contributed by atoms with van der Waals surface area (Å²) in [5.41, 5.74) is 2.31. The Kier molecular flexibility index (Phi) is 5.23. The monoisotopic (exact) mass is 344 g/mol. The van der Waals surface area contributed by atoms with E-state index >= 15 is 0 Å². The predicted octanol–water partition coefficient (Wildman–Crippen LogP) is 2.58. The van der Waals surface area contributed by atoms with Gasteiger partial charge in [-0.25, -0.2) is 9.97 Å². The third kappa shape index (κ3) is 3.82. The maximum Gasteiger partial charge on any atom is 0.225 e. The fraction of sp³-hybridized carbons (Fsp3) is 0.800. The Morgan fingerprint density at radius 3 is 2.48 bits per heavy atom. The van der Waals surface area contributed by atoms with Crippen LogP contribution in [0.2, 0.25) is 0 Å². The molecule has 1 saturated carbocycles. The number of hydrogen-bond donors (Lipinski definition) is 1. The maximum atomic E-state index is 9.89. The number of aliphatic hydroxyl groups excluding tert-OH is 1. The van der Waals surface area contributed by atoms with Gasteiger partial charge in [-0.1, -0.05) is 12.8 Å². The van der Waals surface area contributed by atoms with Gasteiger partial charge < -0.3 is 14.9 Å². The molecule has 3 aliphatic rings. The molecule has 25 heavy (non-hydrogen) atoms. The molecule has 2 atom stereocenters. The van der Waals surface area contributed by atoms with Crippen molar-refractivity contribution in [2.45, 2.75) is 51.4 Å². The van der Waals surface area contributed by atoms with E-state index in [4.69, 9.17) is 9.97 Å². The summed E-state index contributed by atoms with van der Waals surface area (Å²) in [6.07, 6.45) is 7.90. The highest BCUT2D eigenvalue weighted by Gasteiger charge is 2.35. The number of hydrogen-bond acceptors (Lipinski definition) is 5. The summed E-state index contributed by atoms with van der Waals surface area (Å²) in [4.78, 5) is 14.6. The number of likely N-dealkylation sites (tertiary alicyclic amines) is 1. The summed E-state index contributed by atoms with van der Waals surface area (Å²) in [7, 11) is 0. The highest BCUT2D eigenvalue weighted by molar-refractivity contribution is 5.36. The van der Waals surface area contributed by atoms with Gasteiger partial charge in [0, 0.05) is 49.5 Å². The van der Waals surface area contributed by atoms with Gasteiger partial charge in [-0.05, 0) is 57.7 Å². The molecular weight excluding hydrogens is 312 g/mol. The molecule has 0 amide bonds. The number of aliphatic hydroxyl groups is 1. The van der Waals surface area contributed by atoms with Gasteiger partial charge in [-0.3, -0.25) is 0 Å². The Labute approximate surface area is 151 Å². The van der Waals surface area contributed by atoms with Gasteiger partial charge in [0.05, 0.1) is 0 Å². The quantitative estimate of drug-likeness (QED) is 0.890. The van der Waals surface area contributed by atoms with Crippen LogP contribution in [0.15, 0.2) is 6.07 Å². The van der Waals surface area contributed by atoms with Gasteiger partial charge in [0.2, 0.25) is 5.95 Å². The molecule has 5 heteroatoms. The molecule has 1 N–H and O–H groups in total. The smallest absolute Gasteiger partial charge is 0.225 e. The first-order valence-electron chi connectivity index (χ1n) is 10.2. The van der Waals surface area contributed by atoms with E-state index in [-0.39, 0.29) is 6.61 Å². The molecular formula is C20H32N4O. The molecule has 0 bridgehead atoms. The summed E-state index contributed by atoms with van der Waals surface area (Å²) in [6, 6.07) is 2.16. The molecule has 1 aromatic heterocycles. The van der Waals surface area contributed by atoms with Crippen molar-refractivity contribution in [2.75, 3.05) is 44.2 Å². The zero-order chi connectivity index (χ0) is 17.2. The van der Waals surface area contributed by atoms with Crippen molar-refractivity contribution in [3.8, 4) is 0 Å². The molecule has 5 nitrogen and oxygen atoms in total. The van der Waals surface area contributed by atoms with Crippen molar-refractivity contribution in [1.29, 1.82) is 0 Å². The van der Waals surface area contributed by atoms with Gasteiger partial charge in [0.15, 0.2) is 0 Å². The minimum Gasteiger partial charge on any atom is -0.396 e. The van der Waals surface area contributed by atoms with E-state index in [1.54, 1.807) is 0 Å². The van der Waals surface area contributed by atoms with Crippen molar-refractivity contribution < 1.29 is 5.11 Å². The summed E-state index contributed by atoms with van der Waals surface area (Å²) in [6.45, 7) is 7.79. The summed E-state index contributed by atoms with van der Waals surface area (Å²) in [5, 5.41) is 9.89. The van der Waals surface area contributed by atoms with Crippen LogP contribution in [0.25, 0.3) is 0 Å². The van der Waals surface area contributed by atoms with E-state index in [0.717, 1.165) is 31.3 Å². The van der Waals surface area contributed by atoms with E-state index in [1.807, 2.05) is 0 Å². The van der Waals surface area contributed by atoms with Crippen LogP contribution in [0, 0.1) is 18.8 Å². The molecule has 4 rings (SSSR count). The standard InChI is InChI=1S/C20H32N4O/c1-15-10-19(16-6-5-7-16)22-20(21-15)24-12-17(18(13-24)14-25)11-23-8-3-2-4-9-23/h10,16-18,25H,2-9,11-14H2,1H3/t17-,18-/m1/s1. The predicted molar refractivity (Wildman–Crippen MR) is 99.9 cm³/mol. The highest BCUT2D eigenvalue weighted by Crippen LogP contribution is 2.36. The number of aromatic nitrogens is 2. The van der Waals surface area contributed by atoms with E-state index in [2.05, 4.69) is 22.8 Å². The van der Waals surface area contributed by atoms with Crippen LogP contribution in [-0.4, -0.2) is 59.3 Å². The first-order valence-corrected chi connectivity index (χ1v) is 10.2. The first kappa shape index (κ1) is 17.2. The molecule has 0 aromatic carbocycles. The highest BCUT2D eigenvalue weighted by atomic mass is 16.3. The Balaban J connectivity index is 1.46. The number of anilines is 1. The summed E-state index contributed by atoms with van der Waals surface area (Å²) < 4.78 is 0. The first-order chi connectivity index (χ1) is 12.2. The van der Waals surface area contributed by atoms with E-state index in [0.29, 0.717) is 17.8 Å². The van der Waals surface area contributed by atoms with Crippen LogP contribution in [0.3, 0.4) is 0 Å². The lowest BCUT2D eigenvalue weighted by Crippen LogP contribution is -2.37. The van der Waals surface area contributed by atoms with Crippen molar-refractivity contribution in [2.24, 2.45) is 11.8 Å². The minimum atomic E-state index is 0.274. The Bertz CT molecular complexity index is 583. The lowest BCUT2D eigenvalue weighted by atomic mass is 9.83. The van der Waals surface area contributed by atoms with Crippen LogP contribution in [0.5, 0.6) is 0 Å². The van der Waals surface area contributed by atoms with Crippen molar-refractivity contribution in [3.63, 3.8) is 0 Å². The second-order valence-electron chi connectivity index (χ2n) is 8.33. The molecule has 0 radical (unpaired) electrons. The van der Waals surface area contributed by atoms with Gasteiger partial charge in [-0.15, -0.1) is 0 Å². The zero-order valence-corrected chi connectivity index (χ0v) is 15.5. The van der Waals surface area contributed by atoms with Crippen molar-refractivity contribution in [1.82, 2.24) is 14.9 Å². The number of rotatable bonds is 5. The zero-order valence-electron chi connectivity index (χ0n) is 15.5. The fourth-order valence-corrected chi connectivity index (χ4v) is 4.62. The van der Waals surface area contributed by atoms with Crippen LogP contribution < -0.4 is 4.90 Å². The number of piperidine rings is 1. The third-order valence-electron chi connectivity index (χ3n) is 6.42. The fourth-order valence-electron chi connectivity index (χ4n) is 4.62. The number of nitrogens with zero attached hydrogens (tertiary/aromatic N) is 4. The molecule has 3 heterocycles. The molecule has 3 fully saturated rings. The topological polar surface area (TPSA) is 52.5 Å². The largest absolute Gasteiger partial charge is 0.396 e. The average molecular weight is 345 g/mol. The van der Waals surface area contributed by atoms with Crippen LogP contribution >= 0.6 is 0 Å². The van der Waals surface area contributed by atoms with Crippen molar-refractivity contribution in [3.05, 3.63) is 17.5 Å². The molecule has 0 spiro atoms. The molecule has 138 valence electrons. The van der Waals surface area contributed by atoms with Gasteiger partial charge >= 0.3 is 0 Å². The van der Waals surface area contributed by atoms with E-state index in [1.165, 1.54) is 57.3 Å². The minimum absolute atomic E-state index is 0.274. The summed E-state index contributed by atoms with van der Waals surface area (Å²) >= 11 is 0. The van der Waals surface area contributed by atoms with Crippen LogP contribution in [0.4, 0.5) is 5.95 Å². The van der Waals surface area contributed by atoms with E-state index < -0.39 is 0 Å². The Morgan fingerprint density at radius 1 is 1.04 bits per heavy atom. The molecule has 2 saturated heterocycles. The second-order valence-corrected chi connectivity index (χ2v) is 8.33. The van der Waals surface area contributed by atoms with Gasteiger partial charge in [-0.2, -0.15) is 0 Å². The SMILES string of the molecule is Cc1cc(C2CCC2)nc(N2C[C@@H](CN3CCCCC3)[C@@H](CO)C2)n1. The lowest BCUT2D eigenvalue weighted by molar-refractivity contribution is 0.149. The van der Waals surface area contributed by atoms with Crippen molar-refractivity contribution >= 4 is 5.95 Å². The molecule has 0 unspecified atom stereocenters. The van der Waals surface area contributed by atoms with Crippen LogP contribution in [-0.2, 0) is 0 Å². The Morgan fingerprint density at radius 2 is 1.80 bits per heavy atom. The maximum absolute atomic E-state index is 9.89.